The molecule has 3 rings (SSSR count). The smallest absolute Gasteiger partial charge is 0.303 e. The van der Waals surface area contributed by atoms with Crippen molar-refractivity contribution in [3.63, 3.8) is 0 Å². The number of carboxylic acids is 1. The lowest BCUT2D eigenvalue weighted by molar-refractivity contribution is -0.136. The fourth-order valence-corrected chi connectivity index (χ4v) is 3.37. The summed E-state index contributed by atoms with van der Waals surface area (Å²) in [5, 5.41) is 14.1. The van der Waals surface area contributed by atoms with Crippen molar-refractivity contribution >= 4 is 27.5 Å². The van der Waals surface area contributed by atoms with E-state index in [1.54, 1.807) is 0 Å². The molecule has 2 nitrogen and oxygen atoms in total. The average molecular weight is 306 g/mol. The van der Waals surface area contributed by atoms with Gasteiger partial charge in [0.1, 0.15) is 0 Å². The number of carboxylic acid groups (broad SMARTS) is 1. The lowest BCUT2D eigenvalue weighted by Crippen LogP contribution is -2.00. The Hall–Kier alpha value is -2.35. The monoisotopic (exact) mass is 306 g/mol. The van der Waals surface area contributed by atoms with E-state index in [1.807, 2.05) is 6.07 Å². The standard InChI is InChI=1S/C21H22O2/c1-2-3-10-19-18-11-5-4-7-16(18)14-17-9-6-8-15(21(17)19)12-13-20(22)23/h4-9,11,14H,2-3,10,12-13H2,1H3,(H,22,23). The lowest BCUT2D eigenvalue weighted by atomic mass is 9.89. The van der Waals surface area contributed by atoms with Crippen LogP contribution in [0.3, 0.4) is 0 Å². The van der Waals surface area contributed by atoms with Crippen LogP contribution in [0.15, 0.2) is 48.5 Å². The molecule has 0 atom stereocenters. The Morgan fingerprint density at radius 1 is 1.00 bits per heavy atom. The highest BCUT2D eigenvalue weighted by atomic mass is 16.4. The van der Waals surface area contributed by atoms with E-state index in [-0.39, 0.29) is 6.42 Å². The zero-order valence-corrected chi connectivity index (χ0v) is 13.5. The molecule has 0 amide bonds. The summed E-state index contributed by atoms with van der Waals surface area (Å²) in [7, 11) is 0. The highest BCUT2D eigenvalue weighted by Crippen LogP contribution is 2.32. The summed E-state index contributed by atoms with van der Waals surface area (Å²) in [6, 6.07) is 17.0. The summed E-state index contributed by atoms with van der Waals surface area (Å²) < 4.78 is 0. The lowest BCUT2D eigenvalue weighted by Gasteiger charge is -2.15. The number of rotatable bonds is 6. The maximum atomic E-state index is 11.0. The molecule has 0 heterocycles. The molecular formula is C21H22O2. The molecule has 3 aromatic rings. The van der Waals surface area contributed by atoms with Crippen LogP contribution in [0.5, 0.6) is 0 Å². The molecular weight excluding hydrogens is 284 g/mol. The Kier molecular flexibility index (Phi) is 4.61. The van der Waals surface area contributed by atoms with E-state index >= 15 is 0 Å². The van der Waals surface area contributed by atoms with Gasteiger partial charge in [0, 0.05) is 6.42 Å². The Balaban J connectivity index is 2.25. The van der Waals surface area contributed by atoms with Gasteiger partial charge in [-0.1, -0.05) is 55.8 Å². The molecule has 0 saturated carbocycles. The number of benzene rings is 3. The van der Waals surface area contributed by atoms with E-state index in [1.165, 1.54) is 27.1 Å². The zero-order chi connectivity index (χ0) is 16.2. The molecule has 1 N–H and O–H groups in total. The number of carbonyl (C=O) groups is 1. The number of fused-ring (bicyclic) bond motifs is 2. The SMILES string of the molecule is CCCCc1c2ccccc2cc2cccc(CCC(=O)O)c12. The van der Waals surface area contributed by atoms with Crippen LogP contribution < -0.4 is 0 Å². The molecule has 0 spiro atoms. The third kappa shape index (κ3) is 3.21. The van der Waals surface area contributed by atoms with Gasteiger partial charge in [-0.3, -0.25) is 4.79 Å². The maximum absolute atomic E-state index is 11.0. The minimum atomic E-state index is -0.738. The topological polar surface area (TPSA) is 37.3 Å². The largest absolute Gasteiger partial charge is 0.481 e. The van der Waals surface area contributed by atoms with E-state index in [2.05, 4.69) is 49.4 Å². The Labute approximate surface area is 136 Å². The molecule has 0 aromatic heterocycles. The van der Waals surface area contributed by atoms with E-state index in [4.69, 9.17) is 5.11 Å². The van der Waals surface area contributed by atoms with Gasteiger partial charge in [0.25, 0.3) is 0 Å². The van der Waals surface area contributed by atoms with Crippen LogP contribution in [0.25, 0.3) is 21.5 Å². The van der Waals surface area contributed by atoms with Gasteiger partial charge in [-0.05, 0) is 58.0 Å². The minimum absolute atomic E-state index is 0.180. The summed E-state index contributed by atoms with van der Waals surface area (Å²) in [6.07, 6.45) is 4.11. The predicted octanol–water partition coefficient (Wildman–Crippen LogP) is 5.35. The summed E-state index contributed by atoms with van der Waals surface area (Å²) in [6.45, 7) is 2.21. The van der Waals surface area contributed by atoms with Gasteiger partial charge in [0.2, 0.25) is 0 Å². The molecule has 0 aliphatic carbocycles. The molecule has 0 aliphatic rings. The van der Waals surface area contributed by atoms with Crippen LogP contribution in [0, 0.1) is 0 Å². The van der Waals surface area contributed by atoms with Crippen molar-refractivity contribution in [3.8, 4) is 0 Å². The highest BCUT2D eigenvalue weighted by Gasteiger charge is 2.11. The Bertz CT molecular complexity index is 849. The molecule has 118 valence electrons. The van der Waals surface area contributed by atoms with Crippen molar-refractivity contribution in [3.05, 3.63) is 59.7 Å². The number of hydrogen-bond acceptors (Lipinski definition) is 1. The minimum Gasteiger partial charge on any atom is -0.481 e. The number of hydrogen-bond donors (Lipinski definition) is 1. The molecule has 2 heteroatoms. The zero-order valence-electron chi connectivity index (χ0n) is 13.5. The van der Waals surface area contributed by atoms with Gasteiger partial charge >= 0.3 is 5.97 Å². The normalized spacial score (nSPS) is 11.2. The van der Waals surface area contributed by atoms with E-state index in [0.717, 1.165) is 24.8 Å². The quantitative estimate of drug-likeness (QED) is 0.623. The van der Waals surface area contributed by atoms with Crippen LogP contribution in [-0.2, 0) is 17.6 Å². The Morgan fingerprint density at radius 2 is 1.78 bits per heavy atom. The van der Waals surface area contributed by atoms with Gasteiger partial charge in [0.15, 0.2) is 0 Å². The van der Waals surface area contributed by atoms with Gasteiger partial charge in [-0.2, -0.15) is 0 Å². The summed E-state index contributed by atoms with van der Waals surface area (Å²) in [5.41, 5.74) is 2.53. The first-order valence-electron chi connectivity index (χ1n) is 8.34. The van der Waals surface area contributed by atoms with Crippen LogP contribution >= 0.6 is 0 Å². The van der Waals surface area contributed by atoms with Crippen molar-refractivity contribution in [1.82, 2.24) is 0 Å². The van der Waals surface area contributed by atoms with Crippen molar-refractivity contribution < 1.29 is 9.90 Å². The molecule has 0 unspecified atom stereocenters. The second-order valence-corrected chi connectivity index (χ2v) is 6.09. The van der Waals surface area contributed by atoms with E-state index < -0.39 is 5.97 Å². The van der Waals surface area contributed by atoms with Crippen molar-refractivity contribution in [2.45, 2.75) is 39.0 Å². The fourth-order valence-electron chi connectivity index (χ4n) is 3.37. The van der Waals surface area contributed by atoms with Gasteiger partial charge in [0.05, 0.1) is 0 Å². The summed E-state index contributed by atoms with van der Waals surface area (Å²) in [5.74, 6) is -0.738. The maximum Gasteiger partial charge on any atom is 0.303 e. The molecule has 0 bridgehead atoms. The van der Waals surface area contributed by atoms with Gasteiger partial charge in [-0.25, -0.2) is 0 Å². The van der Waals surface area contributed by atoms with Crippen molar-refractivity contribution in [2.24, 2.45) is 0 Å². The number of aliphatic carboxylic acids is 1. The predicted molar refractivity (Wildman–Crippen MR) is 96.0 cm³/mol. The van der Waals surface area contributed by atoms with Gasteiger partial charge < -0.3 is 5.11 Å². The molecule has 0 aliphatic heterocycles. The third-order valence-electron chi connectivity index (χ3n) is 4.47. The molecule has 3 aromatic carbocycles. The molecule has 0 saturated heterocycles. The molecule has 23 heavy (non-hydrogen) atoms. The second-order valence-electron chi connectivity index (χ2n) is 6.09. The second kappa shape index (κ2) is 6.82. The van der Waals surface area contributed by atoms with Crippen LogP contribution in [0.1, 0.15) is 37.3 Å². The van der Waals surface area contributed by atoms with E-state index in [9.17, 15) is 4.79 Å². The number of unbranched alkanes of at least 4 members (excludes halogenated alkanes) is 1. The Morgan fingerprint density at radius 3 is 2.57 bits per heavy atom. The van der Waals surface area contributed by atoms with Crippen LogP contribution in [0.4, 0.5) is 0 Å². The summed E-state index contributed by atoms with van der Waals surface area (Å²) >= 11 is 0. The number of aryl methyl sites for hydroxylation is 2. The average Bonchev–Trinajstić information content (AvgIpc) is 2.56. The van der Waals surface area contributed by atoms with E-state index in [0.29, 0.717) is 6.42 Å². The van der Waals surface area contributed by atoms with Crippen molar-refractivity contribution in [2.75, 3.05) is 0 Å². The fraction of sp³-hybridized carbons (Fsp3) is 0.286. The van der Waals surface area contributed by atoms with Crippen LogP contribution in [-0.4, -0.2) is 11.1 Å². The summed E-state index contributed by atoms with van der Waals surface area (Å²) in [4.78, 5) is 11.0. The first kappa shape index (κ1) is 15.5. The highest BCUT2D eigenvalue weighted by molar-refractivity contribution is 6.03. The molecule has 0 radical (unpaired) electrons. The van der Waals surface area contributed by atoms with Crippen LogP contribution in [0.2, 0.25) is 0 Å². The first-order valence-corrected chi connectivity index (χ1v) is 8.34. The van der Waals surface area contributed by atoms with Gasteiger partial charge in [-0.15, -0.1) is 0 Å². The third-order valence-corrected chi connectivity index (χ3v) is 4.47. The van der Waals surface area contributed by atoms with Crippen molar-refractivity contribution in [1.29, 1.82) is 0 Å². The molecule has 0 fully saturated rings. The first-order chi connectivity index (χ1) is 11.2.